The maximum atomic E-state index is 10.8. The minimum atomic E-state index is -0.893. The van der Waals surface area contributed by atoms with Gasteiger partial charge in [0.1, 0.15) is 5.54 Å². The fraction of sp³-hybridized carbons (Fsp3) is 0.889. The highest BCUT2D eigenvalue weighted by molar-refractivity contribution is 5.79. The first-order chi connectivity index (χ1) is 5.62. The molecule has 0 radical (unpaired) electrons. The van der Waals surface area contributed by atoms with Gasteiger partial charge < -0.3 is 10.8 Å². The van der Waals surface area contributed by atoms with Gasteiger partial charge in [0.2, 0.25) is 0 Å². The summed E-state index contributed by atoms with van der Waals surface area (Å²) in [5.41, 5.74) is 4.90. The van der Waals surface area contributed by atoms with Crippen molar-refractivity contribution in [1.29, 1.82) is 0 Å². The second-order valence-electron chi connectivity index (χ2n) is 4.32. The molecule has 0 aromatic carbocycles. The average Bonchev–Trinajstić information content (AvgIpc) is 2.44. The number of fused-ring (bicyclic) bond motifs is 1. The van der Waals surface area contributed by atoms with Gasteiger partial charge in [0, 0.05) is 0 Å². The Labute approximate surface area is 71.9 Å². The molecule has 2 aliphatic rings. The van der Waals surface area contributed by atoms with Gasteiger partial charge in [-0.25, -0.2) is 0 Å². The summed E-state index contributed by atoms with van der Waals surface area (Å²) in [4.78, 5) is 10.8. The fourth-order valence-corrected chi connectivity index (χ4v) is 2.84. The molecule has 3 N–H and O–H groups in total. The van der Waals surface area contributed by atoms with Crippen LogP contribution in [0.1, 0.15) is 32.1 Å². The molecule has 0 aliphatic heterocycles. The Hall–Kier alpha value is -0.570. The topological polar surface area (TPSA) is 63.3 Å². The first kappa shape index (κ1) is 8.05. The molecule has 0 heterocycles. The van der Waals surface area contributed by atoms with E-state index in [9.17, 15) is 4.79 Å². The summed E-state index contributed by atoms with van der Waals surface area (Å²) in [5, 5.41) is 8.90. The summed E-state index contributed by atoms with van der Waals surface area (Å²) in [6.45, 7) is 0. The van der Waals surface area contributed by atoms with Crippen molar-refractivity contribution in [2.75, 3.05) is 0 Å². The van der Waals surface area contributed by atoms with Crippen LogP contribution in [0.4, 0.5) is 0 Å². The molecule has 3 heteroatoms. The van der Waals surface area contributed by atoms with E-state index in [2.05, 4.69) is 0 Å². The maximum absolute atomic E-state index is 10.8. The molecule has 2 atom stereocenters. The summed E-state index contributed by atoms with van der Waals surface area (Å²) < 4.78 is 0. The van der Waals surface area contributed by atoms with E-state index in [0.29, 0.717) is 24.7 Å². The lowest BCUT2D eigenvalue weighted by Gasteiger charge is -2.18. The van der Waals surface area contributed by atoms with Gasteiger partial charge in [-0.05, 0) is 24.7 Å². The summed E-state index contributed by atoms with van der Waals surface area (Å²) in [5.74, 6) is 0.397. The Bertz CT molecular complexity index is 203. The van der Waals surface area contributed by atoms with E-state index in [-0.39, 0.29) is 0 Å². The number of rotatable bonds is 1. The van der Waals surface area contributed by atoms with E-state index in [4.69, 9.17) is 10.8 Å². The predicted octanol–water partition coefficient (Wildman–Crippen LogP) is 0.979. The van der Waals surface area contributed by atoms with E-state index < -0.39 is 11.5 Å². The van der Waals surface area contributed by atoms with Crippen LogP contribution in [-0.4, -0.2) is 16.6 Å². The molecule has 2 saturated carbocycles. The molecule has 2 unspecified atom stereocenters. The van der Waals surface area contributed by atoms with Crippen molar-refractivity contribution in [2.24, 2.45) is 17.6 Å². The van der Waals surface area contributed by atoms with Gasteiger partial charge in [-0.15, -0.1) is 0 Å². The van der Waals surface area contributed by atoms with Crippen molar-refractivity contribution in [2.45, 2.75) is 37.6 Å². The zero-order valence-electron chi connectivity index (χ0n) is 7.12. The fourth-order valence-electron chi connectivity index (χ4n) is 2.84. The average molecular weight is 169 g/mol. The van der Waals surface area contributed by atoms with Crippen molar-refractivity contribution < 1.29 is 9.90 Å². The monoisotopic (exact) mass is 169 g/mol. The normalized spacial score (nSPS) is 46.1. The summed E-state index contributed by atoms with van der Waals surface area (Å²) in [6.07, 6.45) is 5.05. The molecule has 2 aliphatic carbocycles. The lowest BCUT2D eigenvalue weighted by molar-refractivity contribution is -0.143. The molecule has 0 saturated heterocycles. The van der Waals surface area contributed by atoms with Crippen LogP contribution >= 0.6 is 0 Å². The molecule has 68 valence electrons. The standard InChI is InChI=1S/C9H15NO2/c10-9(8(11)12)4-6-2-1-3-7(6)5-9/h6-7H,1-5,10H2,(H,11,12). The Morgan fingerprint density at radius 3 is 2.25 bits per heavy atom. The summed E-state index contributed by atoms with van der Waals surface area (Å²) >= 11 is 0. The van der Waals surface area contributed by atoms with Crippen LogP contribution in [0.15, 0.2) is 0 Å². The van der Waals surface area contributed by atoms with Crippen LogP contribution in [-0.2, 0) is 4.79 Å². The van der Waals surface area contributed by atoms with Gasteiger partial charge in [0.25, 0.3) is 0 Å². The Morgan fingerprint density at radius 2 is 1.83 bits per heavy atom. The predicted molar refractivity (Wildman–Crippen MR) is 44.6 cm³/mol. The van der Waals surface area contributed by atoms with E-state index in [1.54, 1.807) is 0 Å². The first-order valence-electron chi connectivity index (χ1n) is 4.64. The number of aliphatic carboxylic acids is 1. The van der Waals surface area contributed by atoms with Crippen LogP contribution in [0.2, 0.25) is 0 Å². The lowest BCUT2D eigenvalue weighted by Crippen LogP contribution is -2.45. The van der Waals surface area contributed by atoms with Crippen molar-refractivity contribution in [3.05, 3.63) is 0 Å². The molecule has 2 rings (SSSR count). The highest BCUT2D eigenvalue weighted by atomic mass is 16.4. The summed E-state index contributed by atoms with van der Waals surface area (Å²) in [6, 6.07) is 0. The number of carbonyl (C=O) groups is 1. The zero-order chi connectivity index (χ0) is 8.77. The number of hydrogen-bond donors (Lipinski definition) is 2. The number of carboxylic acid groups (broad SMARTS) is 1. The van der Waals surface area contributed by atoms with Gasteiger partial charge in [-0.1, -0.05) is 19.3 Å². The number of carboxylic acids is 1. The SMILES string of the molecule is NC1(C(=O)O)CC2CCCC2C1. The molecule has 2 fully saturated rings. The van der Waals surface area contributed by atoms with Crippen LogP contribution in [0.5, 0.6) is 0 Å². The number of hydrogen-bond acceptors (Lipinski definition) is 2. The van der Waals surface area contributed by atoms with E-state index >= 15 is 0 Å². The van der Waals surface area contributed by atoms with Gasteiger partial charge >= 0.3 is 5.97 Å². The maximum Gasteiger partial charge on any atom is 0.323 e. The highest BCUT2D eigenvalue weighted by Crippen LogP contribution is 2.47. The molecular weight excluding hydrogens is 154 g/mol. The van der Waals surface area contributed by atoms with Gasteiger partial charge in [-0.3, -0.25) is 4.79 Å². The quantitative estimate of drug-likeness (QED) is 0.615. The van der Waals surface area contributed by atoms with Gasteiger partial charge in [0.05, 0.1) is 0 Å². The van der Waals surface area contributed by atoms with E-state index in [1.165, 1.54) is 19.3 Å². The molecular formula is C9H15NO2. The Balaban J connectivity index is 2.11. The minimum absolute atomic E-state index is 0.603. The molecule has 0 bridgehead atoms. The van der Waals surface area contributed by atoms with Crippen molar-refractivity contribution in [1.82, 2.24) is 0 Å². The summed E-state index contributed by atoms with van der Waals surface area (Å²) in [7, 11) is 0. The molecule has 0 amide bonds. The van der Waals surface area contributed by atoms with Crippen molar-refractivity contribution in [3.63, 3.8) is 0 Å². The van der Waals surface area contributed by atoms with Crippen LogP contribution in [0.3, 0.4) is 0 Å². The molecule has 0 aromatic rings. The molecule has 3 nitrogen and oxygen atoms in total. The number of nitrogens with two attached hydrogens (primary N) is 1. The second kappa shape index (κ2) is 2.46. The first-order valence-corrected chi connectivity index (χ1v) is 4.64. The van der Waals surface area contributed by atoms with Crippen molar-refractivity contribution >= 4 is 5.97 Å². The highest BCUT2D eigenvalue weighted by Gasteiger charge is 2.48. The van der Waals surface area contributed by atoms with E-state index in [1.807, 2.05) is 0 Å². The third kappa shape index (κ3) is 1.04. The van der Waals surface area contributed by atoms with Gasteiger partial charge in [0.15, 0.2) is 0 Å². The third-order valence-electron chi connectivity index (χ3n) is 3.50. The third-order valence-corrected chi connectivity index (χ3v) is 3.50. The Morgan fingerprint density at radius 1 is 1.33 bits per heavy atom. The lowest BCUT2D eigenvalue weighted by atomic mass is 9.95. The van der Waals surface area contributed by atoms with Crippen LogP contribution < -0.4 is 5.73 Å². The smallest absolute Gasteiger partial charge is 0.323 e. The van der Waals surface area contributed by atoms with Crippen molar-refractivity contribution in [3.8, 4) is 0 Å². The zero-order valence-corrected chi connectivity index (χ0v) is 7.12. The van der Waals surface area contributed by atoms with E-state index in [0.717, 1.165) is 0 Å². The minimum Gasteiger partial charge on any atom is -0.480 e. The molecule has 12 heavy (non-hydrogen) atoms. The molecule has 0 spiro atoms. The van der Waals surface area contributed by atoms with Crippen LogP contribution in [0, 0.1) is 11.8 Å². The van der Waals surface area contributed by atoms with Gasteiger partial charge in [-0.2, -0.15) is 0 Å². The Kier molecular flexibility index (Phi) is 1.65. The largest absolute Gasteiger partial charge is 0.480 e. The molecule has 0 aromatic heterocycles. The van der Waals surface area contributed by atoms with Crippen LogP contribution in [0.25, 0.3) is 0 Å². The second-order valence-corrected chi connectivity index (χ2v) is 4.32.